The van der Waals surface area contributed by atoms with Gasteiger partial charge < -0.3 is 4.74 Å². The molecule has 124 valence electrons. The molecule has 0 aliphatic heterocycles. The summed E-state index contributed by atoms with van der Waals surface area (Å²) in [6.45, 7) is 2.53. The van der Waals surface area contributed by atoms with E-state index in [0.29, 0.717) is 17.2 Å². The van der Waals surface area contributed by atoms with Crippen LogP contribution in [-0.4, -0.2) is 38.0 Å². The number of hydrogen-bond donors (Lipinski definition) is 0. The minimum atomic E-state index is -3.68. The summed E-state index contributed by atoms with van der Waals surface area (Å²) in [5.41, 5.74) is 1.47. The molecule has 5 nitrogen and oxygen atoms in total. The van der Waals surface area contributed by atoms with Gasteiger partial charge in [0.25, 0.3) is 0 Å². The van der Waals surface area contributed by atoms with E-state index in [1.165, 1.54) is 10.4 Å². The first kappa shape index (κ1) is 17.9. The summed E-state index contributed by atoms with van der Waals surface area (Å²) in [4.78, 5) is 4.24. The summed E-state index contributed by atoms with van der Waals surface area (Å²) >= 11 is 5.97. The Morgan fingerprint density at radius 3 is 2.74 bits per heavy atom. The van der Waals surface area contributed by atoms with Gasteiger partial charge >= 0.3 is 0 Å². The molecule has 0 aliphatic rings. The summed E-state index contributed by atoms with van der Waals surface area (Å²) < 4.78 is 32.4. The fourth-order valence-electron chi connectivity index (χ4n) is 2.16. The van der Waals surface area contributed by atoms with Crippen LogP contribution in [0.5, 0.6) is 0 Å². The molecule has 0 atom stereocenters. The second kappa shape index (κ2) is 7.88. The second-order valence-corrected chi connectivity index (χ2v) is 7.45. The van der Waals surface area contributed by atoms with E-state index in [4.69, 9.17) is 16.3 Å². The van der Waals surface area contributed by atoms with E-state index < -0.39 is 10.0 Å². The zero-order valence-electron chi connectivity index (χ0n) is 13.1. The van der Waals surface area contributed by atoms with E-state index in [1.54, 1.807) is 44.6 Å². The van der Waals surface area contributed by atoms with Gasteiger partial charge in [-0.15, -0.1) is 0 Å². The monoisotopic (exact) mass is 354 g/mol. The first-order chi connectivity index (χ1) is 10.9. The molecular formula is C16H19ClN2O3S. The van der Waals surface area contributed by atoms with Crippen LogP contribution >= 0.6 is 11.6 Å². The predicted octanol–water partition coefficient (Wildman–Crippen LogP) is 2.88. The third kappa shape index (κ3) is 4.51. The van der Waals surface area contributed by atoms with Gasteiger partial charge in [-0.05, 0) is 36.2 Å². The molecule has 0 spiro atoms. The van der Waals surface area contributed by atoms with Crippen LogP contribution in [-0.2, 0) is 21.3 Å². The molecule has 23 heavy (non-hydrogen) atoms. The first-order valence-corrected chi connectivity index (χ1v) is 8.91. The standard InChI is InChI=1S/C16H19ClN2O3S/c1-13-5-6-15(17)10-16(13)23(20,21)19(8-9-22-2)12-14-4-3-7-18-11-14/h3-7,10-11H,8-9,12H2,1-2H3. The highest BCUT2D eigenvalue weighted by molar-refractivity contribution is 7.89. The average Bonchev–Trinajstić information content (AvgIpc) is 2.54. The van der Waals surface area contributed by atoms with Gasteiger partial charge in [0.2, 0.25) is 10.0 Å². The smallest absolute Gasteiger partial charge is 0.243 e. The molecule has 0 saturated carbocycles. The van der Waals surface area contributed by atoms with E-state index in [9.17, 15) is 8.42 Å². The maximum absolute atomic E-state index is 13.0. The SMILES string of the molecule is COCCN(Cc1cccnc1)S(=O)(=O)c1cc(Cl)ccc1C. The zero-order chi connectivity index (χ0) is 16.9. The highest BCUT2D eigenvalue weighted by Gasteiger charge is 2.26. The number of sulfonamides is 1. The minimum Gasteiger partial charge on any atom is -0.383 e. The molecule has 0 saturated heterocycles. The summed E-state index contributed by atoms with van der Waals surface area (Å²) in [7, 11) is -2.14. The fourth-order valence-corrected chi connectivity index (χ4v) is 4.06. The molecule has 0 bridgehead atoms. The number of methoxy groups -OCH3 is 1. The molecule has 7 heteroatoms. The molecule has 0 fully saturated rings. The molecule has 0 N–H and O–H groups in total. The second-order valence-electron chi connectivity index (χ2n) is 5.10. The summed E-state index contributed by atoms with van der Waals surface area (Å²) in [6.07, 6.45) is 3.30. The van der Waals surface area contributed by atoms with E-state index in [0.717, 1.165) is 5.56 Å². The number of hydrogen-bond acceptors (Lipinski definition) is 4. The van der Waals surface area contributed by atoms with Gasteiger partial charge in [-0.3, -0.25) is 4.98 Å². The van der Waals surface area contributed by atoms with Gasteiger partial charge in [0, 0.05) is 37.6 Å². The molecule has 0 aliphatic carbocycles. The van der Waals surface area contributed by atoms with Crippen molar-refractivity contribution < 1.29 is 13.2 Å². The van der Waals surface area contributed by atoms with Crippen LogP contribution in [0, 0.1) is 6.92 Å². The number of rotatable bonds is 7. The Morgan fingerprint density at radius 1 is 1.30 bits per heavy atom. The summed E-state index contributed by atoms with van der Waals surface area (Å²) in [6, 6.07) is 8.48. The lowest BCUT2D eigenvalue weighted by atomic mass is 10.2. The van der Waals surface area contributed by atoms with Crippen LogP contribution in [0.1, 0.15) is 11.1 Å². The highest BCUT2D eigenvalue weighted by atomic mass is 35.5. The van der Waals surface area contributed by atoms with Crippen LogP contribution in [0.15, 0.2) is 47.6 Å². The molecule has 1 aromatic heterocycles. The van der Waals surface area contributed by atoms with E-state index in [2.05, 4.69) is 4.98 Å². The van der Waals surface area contributed by atoms with Crippen molar-refractivity contribution in [3.63, 3.8) is 0 Å². The van der Waals surface area contributed by atoms with Crippen molar-refractivity contribution in [2.45, 2.75) is 18.4 Å². The van der Waals surface area contributed by atoms with Crippen molar-refractivity contribution >= 4 is 21.6 Å². The molecule has 1 aromatic carbocycles. The van der Waals surface area contributed by atoms with Gasteiger partial charge in [0.1, 0.15) is 0 Å². The molecule has 2 rings (SSSR count). The Morgan fingerprint density at radius 2 is 2.09 bits per heavy atom. The van der Waals surface area contributed by atoms with Gasteiger partial charge in [0.15, 0.2) is 0 Å². The molecule has 1 heterocycles. The summed E-state index contributed by atoms with van der Waals surface area (Å²) in [5, 5.41) is 0.391. The molecular weight excluding hydrogens is 336 g/mol. The van der Waals surface area contributed by atoms with Crippen molar-refractivity contribution in [1.82, 2.24) is 9.29 Å². The minimum absolute atomic E-state index is 0.213. The molecule has 0 unspecified atom stereocenters. The van der Waals surface area contributed by atoms with Gasteiger partial charge in [-0.25, -0.2) is 8.42 Å². The van der Waals surface area contributed by atoms with Crippen molar-refractivity contribution in [2.24, 2.45) is 0 Å². The van der Waals surface area contributed by atoms with Crippen LogP contribution < -0.4 is 0 Å². The highest BCUT2D eigenvalue weighted by Crippen LogP contribution is 2.24. The topological polar surface area (TPSA) is 59.5 Å². The van der Waals surface area contributed by atoms with Crippen molar-refractivity contribution in [3.8, 4) is 0 Å². The number of halogens is 1. The van der Waals surface area contributed by atoms with Gasteiger partial charge in [0.05, 0.1) is 11.5 Å². The number of pyridine rings is 1. The Kier molecular flexibility index (Phi) is 6.12. The third-order valence-corrected chi connectivity index (χ3v) is 5.62. The number of nitrogens with zero attached hydrogens (tertiary/aromatic N) is 2. The van der Waals surface area contributed by atoms with E-state index in [-0.39, 0.29) is 18.0 Å². The fraction of sp³-hybridized carbons (Fsp3) is 0.312. The normalized spacial score (nSPS) is 11.8. The lowest BCUT2D eigenvalue weighted by Crippen LogP contribution is -2.34. The van der Waals surface area contributed by atoms with Crippen molar-refractivity contribution in [2.75, 3.05) is 20.3 Å². The zero-order valence-corrected chi connectivity index (χ0v) is 14.6. The van der Waals surface area contributed by atoms with E-state index in [1.807, 2.05) is 6.07 Å². The van der Waals surface area contributed by atoms with Crippen LogP contribution in [0.4, 0.5) is 0 Å². The molecule has 2 aromatic rings. The van der Waals surface area contributed by atoms with Gasteiger partial charge in [-0.2, -0.15) is 4.31 Å². The Balaban J connectivity index is 2.38. The third-order valence-electron chi connectivity index (χ3n) is 3.39. The van der Waals surface area contributed by atoms with Gasteiger partial charge in [-0.1, -0.05) is 23.7 Å². The van der Waals surface area contributed by atoms with Crippen LogP contribution in [0.3, 0.4) is 0 Å². The number of ether oxygens (including phenoxy) is 1. The maximum atomic E-state index is 13.0. The Labute approximate surface area is 141 Å². The van der Waals surface area contributed by atoms with Crippen molar-refractivity contribution in [3.05, 3.63) is 58.9 Å². The molecule has 0 radical (unpaired) electrons. The Bertz CT molecular complexity index is 751. The first-order valence-electron chi connectivity index (χ1n) is 7.09. The maximum Gasteiger partial charge on any atom is 0.243 e. The quantitative estimate of drug-likeness (QED) is 0.767. The number of aromatic nitrogens is 1. The lowest BCUT2D eigenvalue weighted by Gasteiger charge is -2.23. The predicted molar refractivity (Wildman–Crippen MR) is 89.9 cm³/mol. The Hall–Kier alpha value is -1.47. The number of aryl methyl sites for hydroxylation is 1. The molecule has 0 amide bonds. The van der Waals surface area contributed by atoms with Crippen molar-refractivity contribution in [1.29, 1.82) is 0 Å². The number of benzene rings is 1. The van der Waals surface area contributed by atoms with E-state index >= 15 is 0 Å². The summed E-state index contributed by atoms with van der Waals surface area (Å²) in [5.74, 6) is 0. The van der Waals surface area contributed by atoms with Crippen LogP contribution in [0.25, 0.3) is 0 Å². The lowest BCUT2D eigenvalue weighted by molar-refractivity contribution is 0.177. The van der Waals surface area contributed by atoms with Crippen LogP contribution in [0.2, 0.25) is 5.02 Å². The average molecular weight is 355 g/mol. The largest absolute Gasteiger partial charge is 0.383 e.